The van der Waals surface area contributed by atoms with E-state index >= 15 is 4.39 Å². The van der Waals surface area contributed by atoms with Gasteiger partial charge in [-0.1, -0.05) is 46.6 Å². The molecule has 1 saturated heterocycles. The molecule has 0 aromatic heterocycles. The first-order valence-electron chi connectivity index (χ1n) is 14.3. The maximum Gasteiger partial charge on any atom is 0.157 e. The van der Waals surface area contributed by atoms with Crippen LogP contribution in [0.2, 0.25) is 0 Å². The molecule has 3 atom stereocenters. The average Bonchev–Trinajstić information content (AvgIpc) is 2.93. The van der Waals surface area contributed by atoms with E-state index in [0.717, 1.165) is 57.9 Å². The number of nitrogens with two attached hydrogens (primary N) is 1. The quantitative estimate of drug-likeness (QED) is 0.155. The lowest BCUT2D eigenvalue weighted by atomic mass is 9.98. The fourth-order valence-corrected chi connectivity index (χ4v) is 3.70. The number of aliphatic imine (C=N–C) groups is 1. The number of alkyl halides is 1. The van der Waals surface area contributed by atoms with Gasteiger partial charge in [0.05, 0.1) is 51.8 Å². The summed E-state index contributed by atoms with van der Waals surface area (Å²) < 4.78 is 37.5. The molecule has 0 aromatic rings. The van der Waals surface area contributed by atoms with Gasteiger partial charge in [0.15, 0.2) is 5.67 Å². The standard InChI is InChI=1S/C26H48FN3O4.C2H6.CH4O/c1-5-7-10-23(26(4,27)21-33-18-17-32-16-15-31-14-12-28)20-29-19-22(3)30-24-11-8-13-34-25(24)9-6-2;2*1-2/h10,19-20,24-25,30H,5-9,11-18,21,28H2,1-4H3;1-2H3;2H,1H3/b22-19+,23-10-,29-20+;;. The SMILES string of the molecule is CC.CCC/C=C(/C=N/C=C(\C)NC1CCCOC1CCC)C(C)(F)COCCOCCOCCN.CO. The molecule has 38 heavy (non-hydrogen) atoms. The smallest absolute Gasteiger partial charge is 0.157 e. The summed E-state index contributed by atoms with van der Waals surface area (Å²) in [6.45, 7) is 15.2. The van der Waals surface area contributed by atoms with Crippen molar-refractivity contribution < 1.29 is 28.4 Å². The second kappa shape index (κ2) is 27.2. The first-order valence-corrected chi connectivity index (χ1v) is 14.3. The van der Waals surface area contributed by atoms with Crippen LogP contribution in [0, 0.1) is 0 Å². The van der Waals surface area contributed by atoms with Gasteiger partial charge in [-0.3, -0.25) is 4.99 Å². The van der Waals surface area contributed by atoms with Crippen LogP contribution in [-0.4, -0.2) is 89.0 Å². The Balaban J connectivity index is 0. The highest BCUT2D eigenvalue weighted by Gasteiger charge is 2.28. The van der Waals surface area contributed by atoms with Gasteiger partial charge in [-0.05, 0) is 39.5 Å². The van der Waals surface area contributed by atoms with Crippen LogP contribution in [0.1, 0.15) is 80.1 Å². The molecule has 1 aliphatic rings. The van der Waals surface area contributed by atoms with Crippen LogP contribution in [0.25, 0.3) is 0 Å². The van der Waals surface area contributed by atoms with Crippen molar-refractivity contribution >= 4 is 6.21 Å². The molecular formula is C29H58FN3O5. The predicted molar refractivity (Wildman–Crippen MR) is 157 cm³/mol. The molecule has 9 heteroatoms. The zero-order valence-corrected chi connectivity index (χ0v) is 25.3. The maximum absolute atomic E-state index is 15.4. The molecule has 0 spiro atoms. The van der Waals surface area contributed by atoms with E-state index in [1.165, 1.54) is 6.92 Å². The molecular weight excluding hydrogens is 489 g/mol. The van der Waals surface area contributed by atoms with Crippen molar-refractivity contribution in [3.05, 3.63) is 23.5 Å². The van der Waals surface area contributed by atoms with E-state index in [9.17, 15) is 0 Å². The van der Waals surface area contributed by atoms with E-state index in [0.29, 0.717) is 51.2 Å². The number of nitrogens with zero attached hydrogens (tertiary/aromatic N) is 1. The minimum atomic E-state index is -1.64. The minimum Gasteiger partial charge on any atom is -0.400 e. The number of rotatable bonds is 19. The van der Waals surface area contributed by atoms with Crippen LogP contribution in [0.3, 0.4) is 0 Å². The molecule has 226 valence electrons. The first-order chi connectivity index (χ1) is 18.4. The van der Waals surface area contributed by atoms with Gasteiger partial charge in [0.25, 0.3) is 0 Å². The second-order valence-corrected chi connectivity index (χ2v) is 8.89. The largest absolute Gasteiger partial charge is 0.400 e. The van der Waals surface area contributed by atoms with E-state index in [-0.39, 0.29) is 12.7 Å². The van der Waals surface area contributed by atoms with Crippen LogP contribution in [0.5, 0.6) is 0 Å². The lowest BCUT2D eigenvalue weighted by Gasteiger charge is -2.33. The van der Waals surface area contributed by atoms with Gasteiger partial charge in [-0.15, -0.1) is 0 Å². The Bertz CT molecular complexity index is 613. The van der Waals surface area contributed by atoms with E-state index in [2.05, 4.69) is 24.2 Å². The van der Waals surface area contributed by atoms with Crippen molar-refractivity contribution in [2.45, 2.75) is 97.9 Å². The minimum absolute atomic E-state index is 0.0549. The Morgan fingerprint density at radius 2 is 1.74 bits per heavy atom. The van der Waals surface area contributed by atoms with Crippen molar-refractivity contribution in [1.82, 2.24) is 5.32 Å². The summed E-state index contributed by atoms with van der Waals surface area (Å²) in [5, 5.41) is 10.5. The number of aliphatic hydroxyl groups is 1. The van der Waals surface area contributed by atoms with E-state index < -0.39 is 5.67 Å². The van der Waals surface area contributed by atoms with Crippen LogP contribution in [-0.2, 0) is 18.9 Å². The summed E-state index contributed by atoms with van der Waals surface area (Å²) in [4.78, 5) is 4.42. The van der Waals surface area contributed by atoms with Gasteiger partial charge in [-0.25, -0.2) is 4.39 Å². The van der Waals surface area contributed by atoms with Gasteiger partial charge in [0.1, 0.15) is 0 Å². The summed E-state index contributed by atoms with van der Waals surface area (Å²) in [5.41, 5.74) is 5.20. The highest BCUT2D eigenvalue weighted by atomic mass is 19.1. The van der Waals surface area contributed by atoms with E-state index in [1.54, 1.807) is 12.4 Å². The molecule has 1 aliphatic heterocycles. The molecule has 8 nitrogen and oxygen atoms in total. The Hall–Kier alpha value is -1.36. The molecule has 0 radical (unpaired) electrons. The molecule has 0 bridgehead atoms. The van der Waals surface area contributed by atoms with E-state index in [4.69, 9.17) is 29.8 Å². The third-order valence-corrected chi connectivity index (χ3v) is 5.54. The van der Waals surface area contributed by atoms with Crippen molar-refractivity contribution in [3.8, 4) is 0 Å². The summed E-state index contributed by atoms with van der Waals surface area (Å²) in [6.07, 6.45) is 11.5. The molecule has 0 aliphatic carbocycles. The zero-order chi connectivity index (χ0) is 29.1. The van der Waals surface area contributed by atoms with Crippen LogP contribution < -0.4 is 11.1 Å². The predicted octanol–water partition coefficient (Wildman–Crippen LogP) is 4.95. The molecule has 0 aromatic carbocycles. The number of nitrogens with one attached hydrogen (secondary N) is 1. The first kappa shape index (κ1) is 38.8. The monoisotopic (exact) mass is 547 g/mol. The Kier molecular flexibility index (Phi) is 27.8. The Morgan fingerprint density at radius 1 is 1.11 bits per heavy atom. The normalized spacial score (nSPS) is 19.7. The number of halogens is 1. The number of ether oxygens (including phenoxy) is 4. The number of aliphatic hydroxyl groups excluding tert-OH is 1. The molecule has 0 saturated carbocycles. The van der Waals surface area contributed by atoms with Gasteiger partial charge in [-0.2, -0.15) is 0 Å². The summed E-state index contributed by atoms with van der Waals surface area (Å²) >= 11 is 0. The van der Waals surface area contributed by atoms with Crippen LogP contribution >= 0.6 is 0 Å². The Morgan fingerprint density at radius 3 is 2.34 bits per heavy atom. The highest BCUT2D eigenvalue weighted by Crippen LogP contribution is 2.22. The fraction of sp³-hybridized carbons (Fsp3) is 0.828. The molecule has 4 N–H and O–H groups in total. The molecule has 1 fully saturated rings. The van der Waals surface area contributed by atoms with Crippen molar-refractivity contribution in [3.63, 3.8) is 0 Å². The maximum atomic E-state index is 15.4. The van der Waals surface area contributed by atoms with Crippen molar-refractivity contribution in [2.75, 3.05) is 59.9 Å². The molecule has 1 rings (SSSR count). The number of hydrogen-bond donors (Lipinski definition) is 3. The second-order valence-electron chi connectivity index (χ2n) is 8.89. The zero-order valence-electron chi connectivity index (χ0n) is 25.3. The number of unbranched alkanes of at least 4 members (excludes halogenated alkanes) is 1. The van der Waals surface area contributed by atoms with Crippen LogP contribution in [0.4, 0.5) is 4.39 Å². The fourth-order valence-electron chi connectivity index (χ4n) is 3.70. The number of allylic oxidation sites excluding steroid dienone is 2. The molecule has 1 heterocycles. The summed E-state index contributed by atoms with van der Waals surface area (Å²) in [6, 6.07) is 0.296. The topological polar surface area (TPSA) is 108 Å². The molecule has 3 unspecified atom stereocenters. The lowest BCUT2D eigenvalue weighted by Crippen LogP contribution is -2.43. The third-order valence-electron chi connectivity index (χ3n) is 5.54. The van der Waals surface area contributed by atoms with Crippen molar-refractivity contribution in [1.29, 1.82) is 0 Å². The number of hydrogen-bond acceptors (Lipinski definition) is 8. The van der Waals surface area contributed by atoms with Gasteiger partial charge in [0.2, 0.25) is 0 Å². The van der Waals surface area contributed by atoms with E-state index in [1.807, 2.05) is 26.8 Å². The van der Waals surface area contributed by atoms with Crippen LogP contribution in [0.15, 0.2) is 28.5 Å². The van der Waals surface area contributed by atoms with Crippen molar-refractivity contribution in [2.24, 2.45) is 10.7 Å². The molecule has 0 amide bonds. The van der Waals surface area contributed by atoms with Gasteiger partial charge >= 0.3 is 0 Å². The average molecular weight is 548 g/mol. The highest BCUT2D eigenvalue weighted by molar-refractivity contribution is 5.81. The third kappa shape index (κ3) is 19.7. The van der Waals surface area contributed by atoms with Gasteiger partial charge in [0, 0.05) is 43.9 Å². The lowest BCUT2D eigenvalue weighted by molar-refractivity contribution is -0.0112. The summed E-state index contributed by atoms with van der Waals surface area (Å²) in [5.74, 6) is 0. The Labute approximate surface area is 232 Å². The van der Waals surface area contributed by atoms with Gasteiger partial charge < -0.3 is 35.1 Å². The summed E-state index contributed by atoms with van der Waals surface area (Å²) in [7, 11) is 1.00.